The molecule has 0 heterocycles. The van der Waals surface area contributed by atoms with Gasteiger partial charge in [0.1, 0.15) is 0 Å². The fraction of sp³-hybridized carbons (Fsp3) is 0.182. The number of hydrogen-bond acceptors (Lipinski definition) is 6. The molecule has 0 aromatic heterocycles. The third-order valence-electron chi connectivity index (χ3n) is 2.45. The Morgan fingerprint density at radius 3 is 1.88 bits per heavy atom. The van der Waals surface area contributed by atoms with E-state index in [0.29, 0.717) is 10.7 Å². The Labute approximate surface area is 191 Å². The van der Waals surface area contributed by atoms with E-state index in [9.17, 15) is 22.8 Å². The van der Waals surface area contributed by atoms with Gasteiger partial charge in [0.05, 0.1) is 18.2 Å². The van der Waals surface area contributed by atoms with Gasteiger partial charge in [0.25, 0.3) is 16.0 Å². The van der Waals surface area contributed by atoms with Gasteiger partial charge in [-0.1, -0.05) is 0 Å². The first-order valence-electron chi connectivity index (χ1n) is 5.64. The lowest BCUT2D eigenvalue weighted by Crippen LogP contribution is -2.37. The highest BCUT2D eigenvalue weighted by Gasteiger charge is 2.29. The van der Waals surface area contributed by atoms with Crippen LogP contribution in [0.2, 0.25) is 0 Å². The second-order valence-electron chi connectivity index (χ2n) is 4.10. The molecule has 0 saturated carbocycles. The fourth-order valence-electron chi connectivity index (χ4n) is 1.53. The van der Waals surface area contributed by atoms with E-state index in [1.54, 1.807) is 0 Å². The summed E-state index contributed by atoms with van der Waals surface area (Å²) in [5.41, 5.74) is -0.121. The Balaban J connectivity index is 3.44. The summed E-state index contributed by atoms with van der Waals surface area (Å²) in [5, 5.41) is 1.85. The zero-order chi connectivity index (χ0) is 18.8. The average molecular weight is 805 g/mol. The van der Waals surface area contributed by atoms with Crippen LogP contribution in [0.25, 0.3) is 0 Å². The number of carbonyl (C=O) groups excluding carboxylic acids is 3. The Hall–Kier alpha value is 0.660. The molecule has 0 radical (unpaired) electrons. The van der Waals surface area contributed by atoms with Gasteiger partial charge in [-0.25, -0.2) is 4.79 Å². The first kappa shape index (κ1) is 22.7. The molecule has 0 atom stereocenters. The van der Waals surface area contributed by atoms with Gasteiger partial charge < -0.3 is 4.74 Å². The summed E-state index contributed by atoms with van der Waals surface area (Å²) in [4.78, 5) is 36.0. The molecule has 0 bridgehead atoms. The summed E-state index contributed by atoms with van der Waals surface area (Å²) in [7, 11) is -3.42. The van der Waals surface area contributed by atoms with Crippen LogP contribution < -0.4 is 5.32 Å². The van der Waals surface area contributed by atoms with Crippen molar-refractivity contribution in [2.75, 3.05) is 12.9 Å². The van der Waals surface area contributed by atoms with E-state index < -0.39 is 33.7 Å². The van der Waals surface area contributed by atoms with Crippen LogP contribution in [0.5, 0.6) is 0 Å². The molecule has 1 aromatic carbocycles. The zero-order valence-corrected chi connectivity index (χ0v) is 21.0. The molecule has 0 aliphatic carbocycles. The predicted molar refractivity (Wildman–Crippen MR) is 118 cm³/mol. The van der Waals surface area contributed by atoms with Gasteiger partial charge in [0, 0.05) is 14.3 Å². The quantitative estimate of drug-likeness (QED) is 0.157. The molecule has 0 aliphatic rings. The Kier molecular flexibility index (Phi) is 8.55. The highest BCUT2D eigenvalue weighted by Crippen LogP contribution is 2.33. The van der Waals surface area contributed by atoms with Gasteiger partial charge in [0.15, 0.2) is 5.75 Å². The Morgan fingerprint density at radius 2 is 1.46 bits per heavy atom. The van der Waals surface area contributed by atoms with Crippen molar-refractivity contribution in [3.8, 4) is 0 Å². The summed E-state index contributed by atoms with van der Waals surface area (Å²) in [6, 6.07) is 0. The van der Waals surface area contributed by atoms with Gasteiger partial charge in [-0.05, 0) is 90.4 Å². The van der Waals surface area contributed by atoms with Gasteiger partial charge in [-0.3, -0.25) is 19.5 Å². The first-order chi connectivity index (χ1) is 10.9. The van der Waals surface area contributed by atoms with E-state index >= 15 is 0 Å². The second-order valence-corrected chi connectivity index (χ2v) is 9.87. The van der Waals surface area contributed by atoms with Gasteiger partial charge in [-0.15, -0.1) is 0 Å². The van der Waals surface area contributed by atoms with Gasteiger partial charge >= 0.3 is 5.97 Å². The van der Waals surface area contributed by atoms with Crippen LogP contribution in [0.4, 0.5) is 0 Å². The van der Waals surface area contributed by atoms with Crippen molar-refractivity contribution in [3.63, 3.8) is 0 Å². The number of amides is 2. The molecule has 0 unspecified atom stereocenters. The number of rotatable bonds is 4. The molecule has 0 fully saturated rings. The van der Waals surface area contributed by atoms with Crippen LogP contribution in [-0.2, 0) is 19.6 Å². The average Bonchev–Trinajstić information content (AvgIpc) is 2.45. The third kappa shape index (κ3) is 5.58. The van der Waals surface area contributed by atoms with Crippen molar-refractivity contribution in [2.45, 2.75) is 0 Å². The predicted octanol–water partition coefficient (Wildman–Crippen LogP) is 2.04. The lowest BCUT2D eigenvalue weighted by Gasteiger charge is -2.15. The number of carbonyl (C=O) groups is 3. The molecule has 8 nitrogen and oxygen atoms in total. The van der Waals surface area contributed by atoms with E-state index in [0.717, 1.165) is 10.7 Å². The van der Waals surface area contributed by atoms with Crippen LogP contribution >= 0.6 is 90.4 Å². The zero-order valence-electron chi connectivity index (χ0n) is 11.5. The van der Waals surface area contributed by atoms with Gasteiger partial charge in [-0.2, -0.15) is 8.42 Å². The van der Waals surface area contributed by atoms with Crippen molar-refractivity contribution in [2.24, 2.45) is 0 Å². The van der Waals surface area contributed by atoms with Crippen molar-refractivity contribution in [3.05, 3.63) is 25.4 Å². The van der Waals surface area contributed by atoms with Crippen molar-refractivity contribution < 1.29 is 32.1 Å². The lowest BCUT2D eigenvalue weighted by atomic mass is 10.1. The molecule has 0 saturated heterocycles. The highest BCUT2D eigenvalue weighted by atomic mass is 127. The molecule has 2 N–H and O–H groups in total. The number of esters is 1. The number of halogens is 4. The van der Waals surface area contributed by atoms with Crippen molar-refractivity contribution in [1.82, 2.24) is 5.32 Å². The SMILES string of the molecule is COC(=O)c1c(I)c(I)c(I)c(I)c1C(=O)NC(=O)CS(=O)(=O)O. The molecule has 132 valence electrons. The number of hydrogen-bond donors (Lipinski definition) is 2. The molecule has 0 aliphatic heterocycles. The van der Waals surface area contributed by atoms with Crippen molar-refractivity contribution in [1.29, 1.82) is 0 Å². The first-order valence-corrected chi connectivity index (χ1v) is 11.6. The highest BCUT2D eigenvalue weighted by molar-refractivity contribution is 14.1. The van der Waals surface area contributed by atoms with E-state index in [2.05, 4.69) is 4.74 Å². The van der Waals surface area contributed by atoms with Crippen LogP contribution in [-0.4, -0.2) is 43.6 Å². The second kappa shape index (κ2) is 9.04. The van der Waals surface area contributed by atoms with Gasteiger partial charge in [0.2, 0.25) is 5.91 Å². The maximum atomic E-state index is 12.4. The smallest absolute Gasteiger partial charge is 0.339 e. The van der Waals surface area contributed by atoms with Crippen molar-refractivity contribution >= 4 is 118 Å². The van der Waals surface area contributed by atoms with Crippen LogP contribution in [0.15, 0.2) is 0 Å². The Morgan fingerprint density at radius 1 is 1.00 bits per heavy atom. The summed E-state index contributed by atoms with van der Waals surface area (Å²) in [6.45, 7) is 0. The van der Waals surface area contributed by atoms with E-state index in [1.165, 1.54) is 0 Å². The summed E-state index contributed by atoms with van der Waals surface area (Å²) < 4.78 is 37.1. The fourth-order valence-corrected chi connectivity index (χ4v) is 5.59. The minimum Gasteiger partial charge on any atom is -0.465 e. The summed E-state index contributed by atoms with van der Waals surface area (Å²) in [5.74, 6) is -4.20. The van der Waals surface area contributed by atoms with Crippen LogP contribution in [0.1, 0.15) is 20.7 Å². The number of nitrogens with one attached hydrogen (secondary N) is 1. The summed E-state index contributed by atoms with van der Waals surface area (Å²) >= 11 is 7.74. The number of benzene rings is 1. The molecular weight excluding hydrogens is 798 g/mol. The number of methoxy groups -OCH3 is 1. The third-order valence-corrected chi connectivity index (χ3v) is 10.5. The van der Waals surface area contributed by atoms with Crippen LogP contribution in [0, 0.1) is 14.3 Å². The molecular formula is C11H7I4NO7S. The molecule has 24 heavy (non-hydrogen) atoms. The molecule has 1 aromatic rings. The minimum absolute atomic E-state index is 0.0236. The van der Waals surface area contributed by atoms with E-state index in [4.69, 9.17) is 4.55 Å². The van der Waals surface area contributed by atoms with E-state index in [-0.39, 0.29) is 11.1 Å². The summed E-state index contributed by atoms with van der Waals surface area (Å²) in [6.07, 6.45) is 0. The van der Waals surface area contributed by atoms with E-state index in [1.807, 2.05) is 95.7 Å². The molecule has 1 rings (SSSR count). The minimum atomic E-state index is -4.58. The number of imide groups is 1. The maximum absolute atomic E-state index is 12.4. The maximum Gasteiger partial charge on any atom is 0.339 e. The normalized spacial score (nSPS) is 11.1. The lowest BCUT2D eigenvalue weighted by molar-refractivity contribution is -0.117. The molecule has 0 spiro atoms. The number of ether oxygens (including phenoxy) is 1. The standard InChI is InChI=1S/C11H7I4NO7S/c1-23-11(19)5-4(6(12)8(14)9(15)7(5)13)10(18)16-3(17)2-24(20,21)22/h2H2,1H3,(H,16,17,18)(H,20,21,22). The monoisotopic (exact) mass is 805 g/mol. The topological polar surface area (TPSA) is 127 Å². The van der Waals surface area contributed by atoms with Crippen LogP contribution in [0.3, 0.4) is 0 Å². The largest absolute Gasteiger partial charge is 0.465 e. The molecule has 2 amide bonds. The molecule has 13 heteroatoms. The Bertz CT molecular complexity index is 838.